The smallest absolute Gasteiger partial charge is 0.420 e. The highest BCUT2D eigenvalue weighted by atomic mass is 32.2. The predicted molar refractivity (Wildman–Crippen MR) is 58.1 cm³/mol. The molecule has 19 heavy (non-hydrogen) atoms. The van der Waals surface area contributed by atoms with E-state index in [1.54, 1.807) is 0 Å². The molecule has 1 aromatic heterocycles. The molecule has 5 nitrogen and oxygen atoms in total. The van der Waals surface area contributed by atoms with Crippen LogP contribution in [0, 0.1) is 0 Å². The Morgan fingerprint density at radius 1 is 1.16 bits per heavy atom. The summed E-state index contributed by atoms with van der Waals surface area (Å²) in [6, 6.07) is 6.76. The fourth-order valence-electron chi connectivity index (χ4n) is 1.27. The number of halogens is 3. The summed E-state index contributed by atoms with van der Waals surface area (Å²) in [5.74, 6) is -1.05. The highest BCUT2D eigenvalue weighted by Gasteiger charge is 2.49. The van der Waals surface area contributed by atoms with E-state index >= 15 is 0 Å². The number of alkyl halides is 3. The van der Waals surface area contributed by atoms with Gasteiger partial charge in [0.2, 0.25) is 5.75 Å². The van der Waals surface area contributed by atoms with Crippen molar-refractivity contribution in [3.8, 4) is 5.75 Å². The van der Waals surface area contributed by atoms with Crippen LogP contribution in [0.1, 0.15) is 0 Å². The van der Waals surface area contributed by atoms with Crippen molar-refractivity contribution in [2.45, 2.75) is 5.51 Å². The monoisotopic (exact) mass is 294 g/mol. The van der Waals surface area contributed by atoms with Gasteiger partial charge in [0.1, 0.15) is 5.58 Å². The Hall–Kier alpha value is -2.03. The molecular formula is C10H5F3O5S. The average Bonchev–Trinajstić information content (AvgIpc) is 2.28. The minimum Gasteiger partial charge on any atom is -0.420 e. The van der Waals surface area contributed by atoms with E-state index in [1.807, 2.05) is 0 Å². The summed E-state index contributed by atoms with van der Waals surface area (Å²) in [6.07, 6.45) is 0. The van der Waals surface area contributed by atoms with E-state index < -0.39 is 27.0 Å². The van der Waals surface area contributed by atoms with Crippen LogP contribution < -0.4 is 9.81 Å². The highest BCUT2D eigenvalue weighted by Crippen LogP contribution is 2.26. The Morgan fingerprint density at radius 3 is 2.42 bits per heavy atom. The molecule has 2 aromatic rings. The van der Waals surface area contributed by atoms with E-state index in [0.717, 1.165) is 6.07 Å². The normalized spacial score (nSPS) is 12.6. The lowest BCUT2D eigenvalue weighted by atomic mass is 10.2. The topological polar surface area (TPSA) is 73.6 Å². The third-order valence-corrected chi connectivity index (χ3v) is 3.06. The molecule has 0 spiro atoms. The first-order chi connectivity index (χ1) is 8.71. The van der Waals surface area contributed by atoms with Crippen molar-refractivity contribution in [2.24, 2.45) is 0 Å². The maximum absolute atomic E-state index is 12.1. The maximum atomic E-state index is 12.1. The fourth-order valence-corrected chi connectivity index (χ4v) is 1.71. The van der Waals surface area contributed by atoms with Gasteiger partial charge in [-0.1, -0.05) is 18.2 Å². The average molecular weight is 294 g/mol. The molecule has 0 radical (unpaired) electrons. The van der Waals surface area contributed by atoms with Crippen LogP contribution in [-0.2, 0) is 10.1 Å². The minimum atomic E-state index is -5.90. The molecule has 102 valence electrons. The molecule has 1 aromatic carbocycles. The van der Waals surface area contributed by atoms with E-state index in [0.29, 0.717) is 0 Å². The number of rotatable bonds is 2. The van der Waals surface area contributed by atoms with E-state index in [2.05, 4.69) is 8.60 Å². The first-order valence-corrected chi connectivity index (χ1v) is 6.15. The van der Waals surface area contributed by atoms with Gasteiger partial charge in [-0.3, -0.25) is 0 Å². The van der Waals surface area contributed by atoms with Gasteiger partial charge in [-0.15, -0.1) is 0 Å². The van der Waals surface area contributed by atoms with Gasteiger partial charge < -0.3 is 8.60 Å². The summed E-state index contributed by atoms with van der Waals surface area (Å²) in [6.45, 7) is 0. The minimum absolute atomic E-state index is 0.101. The van der Waals surface area contributed by atoms with Gasteiger partial charge in [0.05, 0.1) is 0 Å². The van der Waals surface area contributed by atoms with Crippen molar-refractivity contribution in [1.29, 1.82) is 0 Å². The molecule has 9 heteroatoms. The van der Waals surface area contributed by atoms with Gasteiger partial charge in [0.25, 0.3) is 0 Å². The number of para-hydroxylation sites is 1. The van der Waals surface area contributed by atoms with Crippen LogP contribution in [-0.4, -0.2) is 13.9 Å². The summed E-state index contributed by atoms with van der Waals surface area (Å²) in [7, 11) is -5.90. The molecule has 0 saturated heterocycles. The fraction of sp³-hybridized carbons (Fsp3) is 0.100. The van der Waals surface area contributed by atoms with E-state index in [9.17, 15) is 26.4 Å². The third-order valence-electron chi connectivity index (χ3n) is 2.09. The highest BCUT2D eigenvalue weighted by molar-refractivity contribution is 7.87. The Bertz CT molecular complexity index is 776. The molecule has 0 aliphatic rings. The Morgan fingerprint density at radius 2 is 1.79 bits per heavy atom. The largest absolute Gasteiger partial charge is 0.534 e. The van der Waals surface area contributed by atoms with Crippen LogP contribution >= 0.6 is 0 Å². The van der Waals surface area contributed by atoms with E-state index in [4.69, 9.17) is 0 Å². The summed E-state index contributed by atoms with van der Waals surface area (Å²) >= 11 is 0. The zero-order chi connectivity index (χ0) is 14.3. The lowest BCUT2D eigenvalue weighted by Gasteiger charge is -2.08. The van der Waals surface area contributed by atoms with Crippen LogP contribution in [0.3, 0.4) is 0 Å². The van der Waals surface area contributed by atoms with Crippen molar-refractivity contribution >= 4 is 21.1 Å². The summed E-state index contributed by atoms with van der Waals surface area (Å²) in [5, 5.41) is 0.231. The van der Waals surface area contributed by atoms with E-state index in [1.165, 1.54) is 24.3 Å². The summed E-state index contributed by atoms with van der Waals surface area (Å²) in [5.41, 5.74) is -6.83. The lowest BCUT2D eigenvalue weighted by molar-refractivity contribution is -0.0500. The molecular weight excluding hydrogens is 289 g/mol. The molecule has 0 saturated carbocycles. The number of benzene rings is 1. The molecule has 0 atom stereocenters. The molecule has 0 amide bonds. The van der Waals surface area contributed by atoms with Crippen LogP contribution in [0.4, 0.5) is 13.2 Å². The van der Waals surface area contributed by atoms with Gasteiger partial charge in [-0.2, -0.15) is 21.6 Å². The molecule has 0 aliphatic carbocycles. The van der Waals surface area contributed by atoms with Crippen molar-refractivity contribution in [3.63, 3.8) is 0 Å². The van der Waals surface area contributed by atoms with Crippen molar-refractivity contribution in [1.82, 2.24) is 0 Å². The van der Waals surface area contributed by atoms with Gasteiger partial charge in [0, 0.05) is 11.5 Å². The second kappa shape index (κ2) is 4.26. The second-order valence-corrected chi connectivity index (χ2v) is 4.96. The maximum Gasteiger partial charge on any atom is 0.534 e. The Balaban J connectivity index is 2.53. The SMILES string of the molecule is O=c1oc2ccccc2cc1OS(=O)(=O)C(F)(F)F. The first kappa shape index (κ1) is 13.4. The van der Waals surface area contributed by atoms with Crippen molar-refractivity contribution < 1.29 is 30.2 Å². The van der Waals surface area contributed by atoms with Crippen LogP contribution in [0.5, 0.6) is 5.75 Å². The Labute approximate surface area is 104 Å². The molecule has 0 bridgehead atoms. The van der Waals surface area contributed by atoms with Crippen molar-refractivity contribution in [3.05, 3.63) is 40.8 Å². The molecule has 2 rings (SSSR count). The first-order valence-electron chi connectivity index (χ1n) is 4.74. The standard InChI is InChI=1S/C10H5F3O5S/c11-10(12,13)19(15,16)18-8-5-6-3-1-2-4-7(6)17-9(8)14/h1-5H. The van der Waals surface area contributed by atoms with Gasteiger partial charge in [-0.25, -0.2) is 4.79 Å². The van der Waals surface area contributed by atoms with Gasteiger partial charge in [0.15, 0.2) is 0 Å². The zero-order valence-electron chi connectivity index (χ0n) is 8.97. The van der Waals surface area contributed by atoms with Crippen LogP contribution in [0.25, 0.3) is 11.0 Å². The quantitative estimate of drug-likeness (QED) is 0.481. The molecule has 0 aliphatic heterocycles. The number of hydrogen-bond donors (Lipinski definition) is 0. The van der Waals surface area contributed by atoms with Crippen molar-refractivity contribution in [2.75, 3.05) is 0 Å². The molecule has 0 unspecified atom stereocenters. The third kappa shape index (κ3) is 2.55. The second-order valence-electron chi connectivity index (χ2n) is 3.42. The van der Waals surface area contributed by atoms with Crippen LogP contribution in [0.2, 0.25) is 0 Å². The van der Waals surface area contributed by atoms with Gasteiger partial charge >= 0.3 is 21.3 Å². The summed E-state index contributed by atoms with van der Waals surface area (Å²) < 4.78 is 66.3. The zero-order valence-corrected chi connectivity index (χ0v) is 9.79. The summed E-state index contributed by atoms with van der Waals surface area (Å²) in [4.78, 5) is 11.3. The number of hydrogen-bond acceptors (Lipinski definition) is 5. The predicted octanol–water partition coefficient (Wildman–Crippen LogP) is 2.02. The molecule has 1 heterocycles. The molecule has 0 N–H and O–H groups in total. The Kier molecular flexibility index (Phi) is 3.01. The van der Waals surface area contributed by atoms with E-state index in [-0.39, 0.29) is 11.0 Å². The lowest BCUT2D eigenvalue weighted by Crippen LogP contribution is -2.29. The molecule has 0 fully saturated rings. The number of fused-ring (bicyclic) bond motifs is 1. The van der Waals surface area contributed by atoms with Gasteiger partial charge in [-0.05, 0) is 6.07 Å². The van der Waals surface area contributed by atoms with Crippen LogP contribution in [0.15, 0.2) is 39.5 Å².